The number of amides is 2. The van der Waals surface area contributed by atoms with Gasteiger partial charge in [0.2, 0.25) is 11.8 Å². The number of nitrogens with one attached hydrogen (secondary N) is 2. The molecule has 4 nitrogen and oxygen atoms in total. The lowest BCUT2D eigenvalue weighted by Gasteiger charge is -2.17. The fourth-order valence-electron chi connectivity index (χ4n) is 1.40. The van der Waals surface area contributed by atoms with Crippen LogP contribution in [0, 0.1) is 5.41 Å². The first-order valence-electron chi connectivity index (χ1n) is 6.47. The first-order chi connectivity index (χ1) is 8.89. The smallest absolute Gasteiger partial charge is 0.225 e. The summed E-state index contributed by atoms with van der Waals surface area (Å²) < 4.78 is 0. The minimum absolute atomic E-state index is 0.0199. The van der Waals surface area contributed by atoms with E-state index in [2.05, 4.69) is 10.6 Å². The normalized spacial score (nSPS) is 11.1. The second kappa shape index (κ2) is 7.28. The molecule has 0 bridgehead atoms. The minimum Gasteiger partial charge on any atom is -0.356 e. The molecule has 2 N–H and O–H groups in total. The highest BCUT2D eigenvalue weighted by atomic mass is 32.1. The number of carbonyl (C=O) groups is 2. The van der Waals surface area contributed by atoms with Gasteiger partial charge in [-0.2, -0.15) is 0 Å². The van der Waals surface area contributed by atoms with Gasteiger partial charge in [0.15, 0.2) is 0 Å². The van der Waals surface area contributed by atoms with Crippen LogP contribution in [0.1, 0.15) is 38.5 Å². The van der Waals surface area contributed by atoms with E-state index in [1.807, 2.05) is 38.3 Å². The summed E-state index contributed by atoms with van der Waals surface area (Å²) in [7, 11) is 0. The van der Waals surface area contributed by atoms with Gasteiger partial charge in [-0.25, -0.2) is 0 Å². The number of thiophene rings is 1. The quantitative estimate of drug-likeness (QED) is 0.787. The second-order valence-corrected chi connectivity index (χ2v) is 6.50. The summed E-state index contributed by atoms with van der Waals surface area (Å²) in [5.74, 6) is 0.0462. The van der Waals surface area contributed by atoms with E-state index in [-0.39, 0.29) is 17.2 Å². The maximum absolute atomic E-state index is 11.6. The molecule has 0 aliphatic carbocycles. The highest BCUT2D eigenvalue weighted by Gasteiger charge is 2.20. The molecule has 0 aliphatic heterocycles. The van der Waals surface area contributed by atoms with Crippen molar-refractivity contribution in [1.82, 2.24) is 10.6 Å². The molecule has 0 fully saturated rings. The molecule has 0 unspecified atom stereocenters. The van der Waals surface area contributed by atoms with Crippen LogP contribution in [0.25, 0.3) is 0 Å². The summed E-state index contributed by atoms with van der Waals surface area (Å²) in [6.45, 7) is 6.75. The average Bonchev–Trinajstić information content (AvgIpc) is 2.83. The monoisotopic (exact) mass is 282 g/mol. The summed E-state index contributed by atoms with van der Waals surface area (Å²) in [5.41, 5.74) is -0.374. The molecule has 2 amide bonds. The molecule has 0 saturated heterocycles. The number of hydrogen-bond acceptors (Lipinski definition) is 3. The molecular weight excluding hydrogens is 260 g/mol. The Morgan fingerprint density at radius 3 is 2.58 bits per heavy atom. The van der Waals surface area contributed by atoms with Crippen LogP contribution in [-0.4, -0.2) is 18.4 Å². The Hall–Kier alpha value is -1.36. The van der Waals surface area contributed by atoms with Crippen molar-refractivity contribution >= 4 is 23.2 Å². The fourth-order valence-corrected chi connectivity index (χ4v) is 2.05. The predicted molar refractivity (Wildman–Crippen MR) is 77.9 cm³/mol. The van der Waals surface area contributed by atoms with Gasteiger partial charge in [-0.3, -0.25) is 9.59 Å². The molecule has 1 rings (SSSR count). The Labute approximate surface area is 118 Å². The highest BCUT2D eigenvalue weighted by Crippen LogP contribution is 2.12. The molecule has 0 aromatic carbocycles. The van der Waals surface area contributed by atoms with Crippen molar-refractivity contribution in [3.05, 3.63) is 22.4 Å². The van der Waals surface area contributed by atoms with Gasteiger partial charge in [0.05, 0.1) is 6.54 Å². The standard InChI is InChI=1S/C14H22N2O2S/c1-14(2,3)13(18)15-8-4-7-12(17)16-10-11-6-5-9-19-11/h5-6,9H,4,7-8,10H2,1-3H3,(H,15,18)(H,16,17). The third kappa shape index (κ3) is 6.38. The molecule has 0 aliphatic rings. The fraction of sp³-hybridized carbons (Fsp3) is 0.571. The van der Waals surface area contributed by atoms with E-state index in [4.69, 9.17) is 0 Å². The van der Waals surface area contributed by atoms with Gasteiger partial charge in [0.25, 0.3) is 0 Å². The van der Waals surface area contributed by atoms with Crippen LogP contribution >= 0.6 is 11.3 Å². The van der Waals surface area contributed by atoms with Crippen LogP contribution < -0.4 is 10.6 Å². The number of rotatable bonds is 6. The van der Waals surface area contributed by atoms with Gasteiger partial charge >= 0.3 is 0 Å². The number of carbonyl (C=O) groups excluding carboxylic acids is 2. The van der Waals surface area contributed by atoms with Crippen LogP contribution in [0.4, 0.5) is 0 Å². The Kier molecular flexibility index (Phi) is 6.02. The van der Waals surface area contributed by atoms with E-state index in [0.717, 1.165) is 4.88 Å². The van der Waals surface area contributed by atoms with Crippen LogP contribution in [0.3, 0.4) is 0 Å². The van der Waals surface area contributed by atoms with E-state index in [9.17, 15) is 9.59 Å². The molecule has 5 heteroatoms. The maximum Gasteiger partial charge on any atom is 0.225 e. The molecule has 1 heterocycles. The number of hydrogen-bond donors (Lipinski definition) is 2. The topological polar surface area (TPSA) is 58.2 Å². The van der Waals surface area contributed by atoms with Gasteiger partial charge in [0, 0.05) is 23.3 Å². The SMILES string of the molecule is CC(C)(C)C(=O)NCCCC(=O)NCc1cccs1. The zero-order valence-electron chi connectivity index (χ0n) is 11.8. The van der Waals surface area contributed by atoms with E-state index in [0.29, 0.717) is 25.9 Å². The third-order valence-corrected chi connectivity index (χ3v) is 3.46. The van der Waals surface area contributed by atoms with Gasteiger partial charge in [-0.1, -0.05) is 26.8 Å². The predicted octanol–water partition coefficient (Wildman–Crippen LogP) is 2.31. The molecule has 0 saturated carbocycles. The molecule has 0 spiro atoms. The van der Waals surface area contributed by atoms with Crippen molar-refractivity contribution in [2.24, 2.45) is 5.41 Å². The molecule has 0 atom stereocenters. The van der Waals surface area contributed by atoms with E-state index in [1.54, 1.807) is 11.3 Å². The van der Waals surface area contributed by atoms with E-state index >= 15 is 0 Å². The summed E-state index contributed by atoms with van der Waals surface area (Å²) in [4.78, 5) is 24.3. The van der Waals surface area contributed by atoms with Crippen LogP contribution in [-0.2, 0) is 16.1 Å². The second-order valence-electron chi connectivity index (χ2n) is 5.47. The lowest BCUT2D eigenvalue weighted by Crippen LogP contribution is -2.35. The first-order valence-corrected chi connectivity index (χ1v) is 7.35. The largest absolute Gasteiger partial charge is 0.356 e. The van der Waals surface area contributed by atoms with Gasteiger partial charge < -0.3 is 10.6 Å². The lowest BCUT2D eigenvalue weighted by molar-refractivity contribution is -0.128. The van der Waals surface area contributed by atoms with Gasteiger partial charge in [0.1, 0.15) is 0 Å². The Morgan fingerprint density at radius 2 is 2.00 bits per heavy atom. The van der Waals surface area contributed by atoms with Gasteiger partial charge in [-0.15, -0.1) is 11.3 Å². The zero-order chi connectivity index (χ0) is 14.3. The third-order valence-electron chi connectivity index (χ3n) is 2.59. The van der Waals surface area contributed by atoms with E-state index in [1.165, 1.54) is 0 Å². The van der Waals surface area contributed by atoms with Crippen LogP contribution in [0.2, 0.25) is 0 Å². The van der Waals surface area contributed by atoms with Crippen LogP contribution in [0.15, 0.2) is 17.5 Å². The Bertz CT molecular complexity index is 408. The van der Waals surface area contributed by atoms with Crippen molar-refractivity contribution in [3.8, 4) is 0 Å². The van der Waals surface area contributed by atoms with Crippen molar-refractivity contribution in [1.29, 1.82) is 0 Å². The van der Waals surface area contributed by atoms with Gasteiger partial charge in [-0.05, 0) is 17.9 Å². The Balaban J connectivity index is 2.09. The van der Waals surface area contributed by atoms with Crippen molar-refractivity contribution in [2.75, 3.05) is 6.54 Å². The summed E-state index contributed by atoms with van der Waals surface area (Å²) in [5, 5.41) is 7.68. The van der Waals surface area contributed by atoms with Crippen molar-refractivity contribution in [3.63, 3.8) is 0 Å². The maximum atomic E-state index is 11.6. The van der Waals surface area contributed by atoms with E-state index < -0.39 is 0 Å². The summed E-state index contributed by atoms with van der Waals surface area (Å²) >= 11 is 1.63. The summed E-state index contributed by atoms with van der Waals surface area (Å²) in [6, 6.07) is 3.96. The molecular formula is C14H22N2O2S. The first kappa shape index (κ1) is 15.7. The highest BCUT2D eigenvalue weighted by molar-refractivity contribution is 7.09. The molecule has 1 aromatic rings. The Morgan fingerprint density at radius 1 is 1.26 bits per heavy atom. The lowest BCUT2D eigenvalue weighted by atomic mass is 9.96. The van der Waals surface area contributed by atoms with Crippen molar-refractivity contribution < 1.29 is 9.59 Å². The molecule has 1 aromatic heterocycles. The summed E-state index contributed by atoms with van der Waals surface area (Å²) in [6.07, 6.45) is 1.11. The van der Waals surface area contributed by atoms with Crippen LogP contribution in [0.5, 0.6) is 0 Å². The van der Waals surface area contributed by atoms with Crippen molar-refractivity contribution in [2.45, 2.75) is 40.2 Å². The minimum atomic E-state index is -0.374. The molecule has 0 radical (unpaired) electrons. The molecule has 19 heavy (non-hydrogen) atoms. The average molecular weight is 282 g/mol. The zero-order valence-corrected chi connectivity index (χ0v) is 12.6. The molecule has 106 valence electrons.